The van der Waals surface area contributed by atoms with Gasteiger partial charge in [-0.05, 0) is 30.7 Å². The standard InChI is InChI=1S/C17H16N2O5S.Na/c20-17-15-10-5-4-9-14(15)16(24-11-6-12-25(21,22)23)18-19(17)13-7-2-1-3-8-13;/h1-5,7-10H,6,11-12H2,(H,21,22,23);/q;+1/p-1. The van der Waals surface area contributed by atoms with Crippen molar-refractivity contribution in [1.29, 1.82) is 0 Å². The van der Waals surface area contributed by atoms with E-state index < -0.39 is 15.9 Å². The van der Waals surface area contributed by atoms with Crippen LogP contribution in [0.15, 0.2) is 59.4 Å². The monoisotopic (exact) mass is 382 g/mol. The van der Waals surface area contributed by atoms with Gasteiger partial charge in [-0.3, -0.25) is 4.79 Å². The van der Waals surface area contributed by atoms with Crippen molar-refractivity contribution in [1.82, 2.24) is 9.78 Å². The van der Waals surface area contributed by atoms with E-state index in [-0.39, 0.29) is 54.0 Å². The third kappa shape index (κ3) is 4.93. The molecule has 0 amide bonds. The van der Waals surface area contributed by atoms with E-state index in [0.29, 0.717) is 16.5 Å². The summed E-state index contributed by atoms with van der Waals surface area (Å²) in [4.78, 5) is 12.7. The number of hydrogen-bond donors (Lipinski definition) is 0. The minimum absolute atomic E-state index is 0. The van der Waals surface area contributed by atoms with Crippen molar-refractivity contribution in [3.05, 3.63) is 65.0 Å². The van der Waals surface area contributed by atoms with Gasteiger partial charge < -0.3 is 9.29 Å². The summed E-state index contributed by atoms with van der Waals surface area (Å²) >= 11 is 0. The summed E-state index contributed by atoms with van der Waals surface area (Å²) in [6.07, 6.45) is 0.0479. The van der Waals surface area contributed by atoms with Crippen LogP contribution >= 0.6 is 0 Å². The molecule has 0 aliphatic carbocycles. The number of benzene rings is 2. The molecule has 0 saturated carbocycles. The Morgan fingerprint density at radius 1 is 1.00 bits per heavy atom. The maximum Gasteiger partial charge on any atom is 1.00 e. The predicted molar refractivity (Wildman–Crippen MR) is 92.0 cm³/mol. The van der Waals surface area contributed by atoms with Gasteiger partial charge in [0.15, 0.2) is 0 Å². The average molecular weight is 382 g/mol. The summed E-state index contributed by atoms with van der Waals surface area (Å²) in [5, 5.41) is 5.23. The molecule has 3 rings (SSSR count). The molecule has 0 radical (unpaired) electrons. The topological polar surface area (TPSA) is 101 Å². The van der Waals surface area contributed by atoms with Crippen LogP contribution in [0.5, 0.6) is 5.88 Å². The molecule has 1 aromatic heterocycles. The smallest absolute Gasteiger partial charge is 0.748 e. The normalized spacial score (nSPS) is 11.1. The molecule has 2 aromatic carbocycles. The summed E-state index contributed by atoms with van der Waals surface area (Å²) in [6, 6.07) is 15.8. The Morgan fingerprint density at radius 3 is 2.27 bits per heavy atom. The Morgan fingerprint density at radius 2 is 1.62 bits per heavy atom. The van der Waals surface area contributed by atoms with E-state index in [4.69, 9.17) is 4.74 Å². The first-order valence-corrected chi connectivity index (χ1v) is 9.17. The van der Waals surface area contributed by atoms with Crippen LogP contribution in [0.2, 0.25) is 0 Å². The van der Waals surface area contributed by atoms with Gasteiger partial charge in [0.05, 0.1) is 33.2 Å². The Balaban J connectivity index is 0.00000243. The summed E-state index contributed by atoms with van der Waals surface area (Å²) in [5.74, 6) is -0.300. The molecule has 0 fully saturated rings. The first-order chi connectivity index (χ1) is 12.0. The molecular formula is C17H15N2NaO5S. The van der Waals surface area contributed by atoms with Gasteiger partial charge in [-0.25, -0.2) is 8.42 Å². The molecular weight excluding hydrogens is 367 g/mol. The number of ether oxygens (including phenoxy) is 1. The molecule has 26 heavy (non-hydrogen) atoms. The molecule has 0 saturated heterocycles. The largest absolute Gasteiger partial charge is 1.00 e. The Kier molecular flexibility index (Phi) is 6.96. The first kappa shape index (κ1) is 20.6. The second-order valence-corrected chi connectivity index (χ2v) is 6.89. The predicted octanol–water partition coefficient (Wildman–Crippen LogP) is -1.30. The molecule has 0 spiro atoms. The molecule has 0 atom stereocenters. The van der Waals surface area contributed by atoms with E-state index in [2.05, 4.69) is 5.10 Å². The van der Waals surface area contributed by atoms with Crippen LogP contribution in [-0.4, -0.2) is 35.1 Å². The van der Waals surface area contributed by atoms with Gasteiger partial charge >= 0.3 is 29.6 Å². The summed E-state index contributed by atoms with van der Waals surface area (Å²) < 4.78 is 38.8. The Labute approximate surface area is 172 Å². The van der Waals surface area contributed by atoms with Crippen LogP contribution in [0.25, 0.3) is 16.5 Å². The minimum Gasteiger partial charge on any atom is -0.748 e. The third-order valence-corrected chi connectivity index (χ3v) is 4.34. The molecule has 0 aliphatic heterocycles. The number of aromatic nitrogens is 2. The zero-order valence-electron chi connectivity index (χ0n) is 14.2. The van der Waals surface area contributed by atoms with Crippen LogP contribution in [-0.2, 0) is 10.1 Å². The van der Waals surface area contributed by atoms with E-state index in [1.54, 1.807) is 48.5 Å². The van der Waals surface area contributed by atoms with Crippen LogP contribution in [0.3, 0.4) is 0 Å². The fourth-order valence-corrected chi connectivity index (χ4v) is 2.89. The van der Waals surface area contributed by atoms with Gasteiger partial charge in [-0.15, -0.1) is 5.10 Å². The van der Waals surface area contributed by atoms with Gasteiger partial charge in [-0.1, -0.05) is 30.3 Å². The zero-order chi connectivity index (χ0) is 17.9. The van der Waals surface area contributed by atoms with Crippen molar-refractivity contribution in [3.8, 4) is 11.6 Å². The van der Waals surface area contributed by atoms with E-state index in [0.717, 1.165) is 0 Å². The molecule has 0 unspecified atom stereocenters. The van der Waals surface area contributed by atoms with Gasteiger partial charge in [-0.2, -0.15) is 4.68 Å². The molecule has 7 nitrogen and oxygen atoms in total. The first-order valence-electron chi connectivity index (χ1n) is 7.59. The molecule has 3 aromatic rings. The average Bonchev–Trinajstić information content (AvgIpc) is 2.60. The van der Waals surface area contributed by atoms with Gasteiger partial charge in [0, 0.05) is 5.75 Å². The van der Waals surface area contributed by atoms with Crippen molar-refractivity contribution in [2.24, 2.45) is 0 Å². The van der Waals surface area contributed by atoms with E-state index in [9.17, 15) is 17.8 Å². The van der Waals surface area contributed by atoms with E-state index in [1.165, 1.54) is 4.68 Å². The van der Waals surface area contributed by atoms with E-state index in [1.807, 2.05) is 6.07 Å². The van der Waals surface area contributed by atoms with Gasteiger partial charge in [0.2, 0.25) is 5.88 Å². The molecule has 1 heterocycles. The van der Waals surface area contributed by atoms with Crippen LogP contribution in [0.4, 0.5) is 0 Å². The minimum atomic E-state index is -4.28. The number of nitrogens with zero attached hydrogens (tertiary/aromatic N) is 2. The summed E-state index contributed by atoms with van der Waals surface area (Å²) in [7, 11) is -4.28. The van der Waals surface area contributed by atoms with Gasteiger partial charge in [0.25, 0.3) is 5.56 Å². The zero-order valence-corrected chi connectivity index (χ0v) is 17.0. The van der Waals surface area contributed by atoms with Crippen molar-refractivity contribution >= 4 is 20.9 Å². The van der Waals surface area contributed by atoms with Crippen molar-refractivity contribution in [2.45, 2.75) is 6.42 Å². The maximum atomic E-state index is 12.7. The van der Waals surface area contributed by atoms with Crippen molar-refractivity contribution < 1.29 is 47.3 Å². The number of hydrogen-bond acceptors (Lipinski definition) is 6. The number of para-hydroxylation sites is 1. The van der Waals surface area contributed by atoms with Crippen molar-refractivity contribution in [3.63, 3.8) is 0 Å². The Hall–Kier alpha value is -1.71. The molecule has 0 N–H and O–H groups in total. The SMILES string of the molecule is O=c1c2ccccc2c(OCCCS(=O)(=O)[O-])nn1-c1ccccc1.[Na+]. The molecule has 9 heteroatoms. The number of fused-ring (bicyclic) bond motifs is 1. The summed E-state index contributed by atoms with van der Waals surface area (Å²) in [6.45, 7) is 0.00541. The van der Waals surface area contributed by atoms with Crippen LogP contribution in [0, 0.1) is 0 Å². The van der Waals surface area contributed by atoms with E-state index >= 15 is 0 Å². The molecule has 0 bridgehead atoms. The maximum absolute atomic E-state index is 12.7. The summed E-state index contributed by atoms with van der Waals surface area (Å²) in [5.41, 5.74) is 0.307. The van der Waals surface area contributed by atoms with Crippen molar-refractivity contribution in [2.75, 3.05) is 12.4 Å². The fraction of sp³-hybridized carbons (Fsp3) is 0.176. The Bertz CT molecular complexity index is 1050. The second kappa shape index (κ2) is 8.79. The van der Waals surface area contributed by atoms with Crippen LogP contribution < -0.4 is 39.9 Å². The number of rotatable bonds is 6. The quantitative estimate of drug-likeness (QED) is 0.299. The molecule has 0 aliphatic rings. The van der Waals surface area contributed by atoms with Crippen LogP contribution in [0.1, 0.15) is 6.42 Å². The second-order valence-electron chi connectivity index (χ2n) is 5.37. The molecule has 130 valence electrons. The third-order valence-electron chi connectivity index (χ3n) is 3.55. The fourth-order valence-electron chi connectivity index (χ4n) is 2.42. The van der Waals surface area contributed by atoms with Gasteiger partial charge in [0.1, 0.15) is 0 Å².